The average Bonchev–Trinajstić information content (AvgIpc) is 3.46. The molecule has 1 fully saturated rings. The molecule has 1 atom stereocenters. The fraction of sp³-hybridized carbons (Fsp3) is 0.286. The van der Waals surface area contributed by atoms with Crippen LogP contribution in [0.25, 0.3) is 22.1 Å². The largest absolute Gasteiger partial charge is 0.497 e. The van der Waals surface area contributed by atoms with E-state index >= 15 is 0 Å². The molecule has 0 saturated heterocycles. The van der Waals surface area contributed by atoms with Crippen LogP contribution in [-0.4, -0.2) is 25.6 Å². The standard InChI is InChI=1S/C21H22N2O3/c1-25-15-9-10-16-18(11-15)26-20(19(16)14-5-3-2-4-6-14)21(24)23-12-17(22)13-7-8-13/h2-6,9-11,13,17H,7-8,12,22H2,1H3,(H,23,24). The predicted octanol–water partition coefficient (Wildman–Crippen LogP) is 3.58. The maximum absolute atomic E-state index is 12.8. The molecular weight excluding hydrogens is 328 g/mol. The summed E-state index contributed by atoms with van der Waals surface area (Å²) in [5, 5.41) is 3.81. The lowest BCUT2D eigenvalue weighted by atomic mass is 10.0. The molecule has 1 amide bonds. The van der Waals surface area contributed by atoms with Crippen LogP contribution in [-0.2, 0) is 0 Å². The summed E-state index contributed by atoms with van der Waals surface area (Å²) in [4.78, 5) is 12.8. The number of amides is 1. The predicted molar refractivity (Wildman–Crippen MR) is 101 cm³/mol. The van der Waals surface area contributed by atoms with Crippen molar-refractivity contribution in [2.45, 2.75) is 18.9 Å². The Morgan fingerprint density at radius 1 is 1.27 bits per heavy atom. The second-order valence-electron chi connectivity index (χ2n) is 6.75. The summed E-state index contributed by atoms with van der Waals surface area (Å²) in [6, 6.07) is 15.4. The van der Waals surface area contributed by atoms with E-state index < -0.39 is 0 Å². The Balaban J connectivity index is 1.73. The van der Waals surface area contributed by atoms with Crippen molar-refractivity contribution in [3.63, 3.8) is 0 Å². The summed E-state index contributed by atoms with van der Waals surface area (Å²) >= 11 is 0. The van der Waals surface area contributed by atoms with E-state index in [2.05, 4.69) is 5.32 Å². The number of carbonyl (C=O) groups excluding carboxylic acids is 1. The van der Waals surface area contributed by atoms with E-state index in [4.69, 9.17) is 14.9 Å². The van der Waals surface area contributed by atoms with Gasteiger partial charge in [-0.05, 0) is 36.5 Å². The van der Waals surface area contributed by atoms with Crippen molar-refractivity contribution in [1.82, 2.24) is 5.32 Å². The number of ether oxygens (including phenoxy) is 1. The molecule has 26 heavy (non-hydrogen) atoms. The number of nitrogens with two attached hydrogens (primary N) is 1. The first-order chi connectivity index (χ1) is 12.7. The lowest BCUT2D eigenvalue weighted by molar-refractivity contribution is 0.0925. The van der Waals surface area contributed by atoms with Gasteiger partial charge in [0.25, 0.3) is 5.91 Å². The summed E-state index contributed by atoms with van der Waals surface area (Å²) in [6.07, 6.45) is 2.30. The van der Waals surface area contributed by atoms with Crippen LogP contribution in [0.3, 0.4) is 0 Å². The normalized spacial score (nSPS) is 15.0. The summed E-state index contributed by atoms with van der Waals surface area (Å²) < 4.78 is 11.2. The quantitative estimate of drug-likeness (QED) is 0.712. The van der Waals surface area contributed by atoms with E-state index in [1.165, 1.54) is 0 Å². The van der Waals surface area contributed by atoms with Crippen LogP contribution in [0.2, 0.25) is 0 Å². The van der Waals surface area contributed by atoms with Gasteiger partial charge in [0.15, 0.2) is 0 Å². The van der Waals surface area contributed by atoms with Crippen LogP contribution in [0, 0.1) is 5.92 Å². The van der Waals surface area contributed by atoms with Crippen molar-refractivity contribution < 1.29 is 13.9 Å². The fourth-order valence-corrected chi connectivity index (χ4v) is 3.24. The van der Waals surface area contributed by atoms with Crippen LogP contribution in [0.4, 0.5) is 0 Å². The molecule has 1 saturated carbocycles. The van der Waals surface area contributed by atoms with Crippen molar-refractivity contribution >= 4 is 16.9 Å². The Morgan fingerprint density at radius 2 is 2.04 bits per heavy atom. The Bertz CT molecular complexity index is 929. The number of fused-ring (bicyclic) bond motifs is 1. The highest BCUT2D eigenvalue weighted by atomic mass is 16.5. The van der Waals surface area contributed by atoms with Crippen molar-refractivity contribution in [3.8, 4) is 16.9 Å². The minimum atomic E-state index is -0.241. The van der Waals surface area contributed by atoms with Crippen molar-refractivity contribution in [1.29, 1.82) is 0 Å². The van der Waals surface area contributed by atoms with E-state index in [1.54, 1.807) is 13.2 Å². The fourth-order valence-electron chi connectivity index (χ4n) is 3.24. The molecule has 5 heteroatoms. The van der Waals surface area contributed by atoms with Gasteiger partial charge in [0.1, 0.15) is 11.3 Å². The highest BCUT2D eigenvalue weighted by Crippen LogP contribution is 2.36. The molecule has 0 bridgehead atoms. The number of nitrogens with one attached hydrogen (secondary N) is 1. The third-order valence-electron chi connectivity index (χ3n) is 4.89. The molecular formula is C21H22N2O3. The highest BCUT2D eigenvalue weighted by Gasteiger charge is 2.29. The molecule has 0 radical (unpaired) electrons. The van der Waals surface area contributed by atoms with Gasteiger partial charge in [-0.3, -0.25) is 4.79 Å². The smallest absolute Gasteiger partial charge is 0.287 e. The Morgan fingerprint density at radius 3 is 2.73 bits per heavy atom. The van der Waals surface area contributed by atoms with Gasteiger partial charge < -0.3 is 20.2 Å². The first kappa shape index (κ1) is 16.7. The van der Waals surface area contributed by atoms with Gasteiger partial charge in [-0.15, -0.1) is 0 Å². The molecule has 3 N–H and O–H groups in total. The average molecular weight is 350 g/mol. The van der Waals surface area contributed by atoms with E-state index in [-0.39, 0.29) is 11.9 Å². The number of benzene rings is 2. The first-order valence-corrected chi connectivity index (χ1v) is 8.87. The van der Waals surface area contributed by atoms with Crippen molar-refractivity contribution in [2.75, 3.05) is 13.7 Å². The van der Waals surface area contributed by atoms with Crippen LogP contribution in [0.15, 0.2) is 52.9 Å². The van der Waals surface area contributed by atoms with Crippen LogP contribution in [0.1, 0.15) is 23.4 Å². The lowest BCUT2D eigenvalue weighted by Crippen LogP contribution is -2.38. The molecule has 0 spiro atoms. The van der Waals surface area contributed by atoms with Gasteiger partial charge in [-0.2, -0.15) is 0 Å². The number of hydrogen-bond donors (Lipinski definition) is 2. The van der Waals surface area contributed by atoms with Crippen molar-refractivity contribution in [2.24, 2.45) is 11.7 Å². The summed E-state index contributed by atoms with van der Waals surface area (Å²) in [7, 11) is 1.61. The molecule has 1 unspecified atom stereocenters. The second-order valence-corrected chi connectivity index (χ2v) is 6.75. The number of methoxy groups -OCH3 is 1. The van der Waals surface area contributed by atoms with Crippen LogP contribution in [0.5, 0.6) is 5.75 Å². The first-order valence-electron chi connectivity index (χ1n) is 8.87. The SMILES string of the molecule is COc1ccc2c(-c3ccccc3)c(C(=O)NCC(N)C3CC3)oc2c1. The molecule has 1 aliphatic rings. The molecule has 1 aliphatic carbocycles. The summed E-state index contributed by atoms with van der Waals surface area (Å²) in [5.41, 5.74) is 8.46. The topological polar surface area (TPSA) is 77.5 Å². The van der Waals surface area contributed by atoms with Gasteiger partial charge in [-0.1, -0.05) is 30.3 Å². The number of hydrogen-bond acceptors (Lipinski definition) is 4. The van der Waals surface area contributed by atoms with E-state index in [0.717, 1.165) is 29.4 Å². The van der Waals surface area contributed by atoms with E-state index in [0.29, 0.717) is 29.6 Å². The van der Waals surface area contributed by atoms with Crippen LogP contribution < -0.4 is 15.8 Å². The number of furan rings is 1. The third kappa shape index (κ3) is 3.18. The zero-order valence-corrected chi connectivity index (χ0v) is 14.7. The van der Waals surface area contributed by atoms with Crippen molar-refractivity contribution in [3.05, 3.63) is 54.3 Å². The molecule has 1 heterocycles. The molecule has 1 aromatic heterocycles. The Hall–Kier alpha value is -2.79. The molecule has 4 rings (SSSR count). The number of rotatable bonds is 6. The monoisotopic (exact) mass is 350 g/mol. The molecule has 134 valence electrons. The molecule has 0 aliphatic heterocycles. The van der Waals surface area contributed by atoms with Gasteiger partial charge in [0.2, 0.25) is 5.76 Å². The highest BCUT2D eigenvalue weighted by molar-refractivity contribution is 6.08. The summed E-state index contributed by atoms with van der Waals surface area (Å²) in [5.74, 6) is 1.29. The maximum atomic E-state index is 12.8. The molecule has 2 aromatic carbocycles. The Labute approximate surface area is 152 Å². The Kier molecular flexibility index (Phi) is 4.39. The number of carbonyl (C=O) groups is 1. The van der Waals surface area contributed by atoms with Crippen LogP contribution >= 0.6 is 0 Å². The zero-order chi connectivity index (χ0) is 18.1. The third-order valence-corrected chi connectivity index (χ3v) is 4.89. The molecule has 5 nitrogen and oxygen atoms in total. The van der Waals surface area contributed by atoms with E-state index in [9.17, 15) is 4.79 Å². The lowest BCUT2D eigenvalue weighted by Gasteiger charge is -2.11. The van der Waals surface area contributed by atoms with Gasteiger partial charge in [0, 0.05) is 29.6 Å². The second kappa shape index (κ2) is 6.84. The van der Waals surface area contributed by atoms with Gasteiger partial charge in [-0.25, -0.2) is 0 Å². The maximum Gasteiger partial charge on any atom is 0.287 e. The van der Waals surface area contributed by atoms with Gasteiger partial charge in [0.05, 0.1) is 7.11 Å². The van der Waals surface area contributed by atoms with Gasteiger partial charge >= 0.3 is 0 Å². The zero-order valence-electron chi connectivity index (χ0n) is 14.7. The summed E-state index contributed by atoms with van der Waals surface area (Å²) in [6.45, 7) is 0.456. The minimum absolute atomic E-state index is 0.00333. The van der Waals surface area contributed by atoms with E-state index in [1.807, 2.05) is 42.5 Å². The minimum Gasteiger partial charge on any atom is -0.497 e. The molecule has 3 aromatic rings.